The van der Waals surface area contributed by atoms with Gasteiger partial charge in [-0.2, -0.15) is 0 Å². The zero-order valence-corrected chi connectivity index (χ0v) is 15.6. The third-order valence-corrected chi connectivity index (χ3v) is 6.08. The molecule has 1 fully saturated rings. The van der Waals surface area contributed by atoms with Crippen molar-refractivity contribution in [1.82, 2.24) is 9.80 Å². The van der Waals surface area contributed by atoms with Gasteiger partial charge in [-0.1, -0.05) is 48.6 Å². The van der Waals surface area contributed by atoms with Crippen LogP contribution in [0.3, 0.4) is 0 Å². The first-order chi connectivity index (χ1) is 12.1. The number of likely N-dealkylation sites (N-methyl/N-ethyl adjacent to an activating group) is 1. The summed E-state index contributed by atoms with van der Waals surface area (Å²) in [7, 11) is 0. The van der Waals surface area contributed by atoms with Crippen molar-refractivity contribution in [2.24, 2.45) is 0 Å². The monoisotopic (exact) mass is 359 g/mol. The van der Waals surface area contributed by atoms with Gasteiger partial charge in [0.05, 0.1) is 4.92 Å². The fraction of sp³-hybridized carbons (Fsp3) is 0.474. The lowest BCUT2D eigenvalue weighted by Crippen LogP contribution is -2.37. The summed E-state index contributed by atoms with van der Waals surface area (Å²) < 4.78 is 0. The number of rotatable bonds is 7. The summed E-state index contributed by atoms with van der Waals surface area (Å²) in [4.78, 5) is 15.6. The molecule has 3 rings (SSSR count). The SMILES string of the molecule is CCN(Cc1csc([N+](=O)[O-])c1)C1CCN(C(C)c2ccccc2)C1. The van der Waals surface area contributed by atoms with Crippen molar-refractivity contribution in [2.75, 3.05) is 19.6 Å². The molecule has 0 amide bonds. The van der Waals surface area contributed by atoms with E-state index in [0.717, 1.165) is 38.2 Å². The predicted octanol–water partition coefficient (Wildman–Crippen LogP) is 4.31. The molecule has 5 nitrogen and oxygen atoms in total. The van der Waals surface area contributed by atoms with Crippen molar-refractivity contribution in [3.05, 3.63) is 63.0 Å². The van der Waals surface area contributed by atoms with Gasteiger partial charge in [-0.3, -0.25) is 19.9 Å². The van der Waals surface area contributed by atoms with Gasteiger partial charge in [0.1, 0.15) is 0 Å². The molecule has 0 spiro atoms. The third kappa shape index (κ3) is 4.26. The molecule has 0 aliphatic carbocycles. The third-order valence-electron chi connectivity index (χ3n) is 5.15. The molecule has 2 heterocycles. The molecule has 134 valence electrons. The Morgan fingerprint density at radius 2 is 2.16 bits per heavy atom. The van der Waals surface area contributed by atoms with Gasteiger partial charge in [-0.15, -0.1) is 0 Å². The molecule has 0 saturated carbocycles. The number of hydrogen-bond donors (Lipinski definition) is 0. The first kappa shape index (κ1) is 18.0. The van der Waals surface area contributed by atoms with Crippen LogP contribution in [0.25, 0.3) is 0 Å². The Kier molecular flexibility index (Phi) is 5.83. The lowest BCUT2D eigenvalue weighted by atomic mass is 10.1. The molecule has 1 saturated heterocycles. The van der Waals surface area contributed by atoms with Crippen LogP contribution in [0.5, 0.6) is 0 Å². The highest BCUT2D eigenvalue weighted by Gasteiger charge is 2.30. The van der Waals surface area contributed by atoms with Crippen LogP contribution in [-0.2, 0) is 6.54 Å². The number of nitro groups is 1. The van der Waals surface area contributed by atoms with E-state index in [-0.39, 0.29) is 9.92 Å². The van der Waals surface area contributed by atoms with Gasteiger partial charge in [0.2, 0.25) is 0 Å². The van der Waals surface area contributed by atoms with Crippen LogP contribution in [0.1, 0.15) is 37.4 Å². The van der Waals surface area contributed by atoms with Gasteiger partial charge in [0.15, 0.2) is 0 Å². The predicted molar refractivity (Wildman–Crippen MR) is 102 cm³/mol. The van der Waals surface area contributed by atoms with E-state index in [9.17, 15) is 10.1 Å². The number of thiophene rings is 1. The van der Waals surface area contributed by atoms with Gasteiger partial charge in [-0.05, 0) is 31.0 Å². The fourth-order valence-corrected chi connectivity index (χ4v) is 4.36. The second-order valence-corrected chi connectivity index (χ2v) is 7.53. The minimum atomic E-state index is -0.302. The minimum Gasteiger partial charge on any atom is -0.295 e. The normalized spacial score (nSPS) is 19.4. The number of hydrogen-bond acceptors (Lipinski definition) is 5. The summed E-state index contributed by atoms with van der Waals surface area (Å²) in [5.41, 5.74) is 2.41. The maximum atomic E-state index is 10.9. The van der Waals surface area contributed by atoms with Crippen molar-refractivity contribution in [1.29, 1.82) is 0 Å². The molecule has 6 heteroatoms. The van der Waals surface area contributed by atoms with E-state index in [1.165, 1.54) is 16.9 Å². The molecule has 0 bridgehead atoms. The number of benzene rings is 1. The zero-order chi connectivity index (χ0) is 17.8. The van der Waals surface area contributed by atoms with Crippen LogP contribution in [0.4, 0.5) is 5.00 Å². The van der Waals surface area contributed by atoms with Crippen molar-refractivity contribution in [3.63, 3.8) is 0 Å². The van der Waals surface area contributed by atoms with Crippen LogP contribution in [0.2, 0.25) is 0 Å². The Bertz CT molecular complexity index is 704. The van der Waals surface area contributed by atoms with Crippen molar-refractivity contribution >= 4 is 16.3 Å². The quantitative estimate of drug-likeness (QED) is 0.546. The Balaban J connectivity index is 1.61. The number of nitrogens with zero attached hydrogens (tertiary/aromatic N) is 3. The van der Waals surface area contributed by atoms with Crippen LogP contribution < -0.4 is 0 Å². The molecule has 2 atom stereocenters. The standard InChI is InChI=1S/C19H25N3O2S/c1-3-20(12-16-11-19(22(23)24)25-14-16)18-9-10-21(13-18)15(2)17-7-5-4-6-8-17/h4-8,11,14-15,18H,3,9-10,12-13H2,1-2H3. The summed E-state index contributed by atoms with van der Waals surface area (Å²) in [6, 6.07) is 13.3. The van der Waals surface area contributed by atoms with Crippen molar-refractivity contribution < 1.29 is 4.92 Å². The molecule has 1 aromatic carbocycles. The van der Waals surface area contributed by atoms with E-state index in [1.54, 1.807) is 6.07 Å². The Hall–Kier alpha value is -1.76. The van der Waals surface area contributed by atoms with Gasteiger partial charge >= 0.3 is 5.00 Å². The highest BCUT2D eigenvalue weighted by Crippen LogP contribution is 2.29. The molecule has 0 radical (unpaired) electrons. The molecule has 1 aliphatic rings. The fourth-order valence-electron chi connectivity index (χ4n) is 3.64. The highest BCUT2D eigenvalue weighted by atomic mass is 32.1. The summed E-state index contributed by atoms with van der Waals surface area (Å²) in [5, 5.41) is 13.0. The van der Waals surface area contributed by atoms with Crippen LogP contribution >= 0.6 is 11.3 Å². The second kappa shape index (κ2) is 8.08. The average Bonchev–Trinajstić information content (AvgIpc) is 3.29. The molecule has 0 N–H and O–H groups in total. The van der Waals surface area contributed by atoms with Crippen LogP contribution in [-0.4, -0.2) is 40.4 Å². The first-order valence-electron chi connectivity index (χ1n) is 8.83. The van der Waals surface area contributed by atoms with E-state index in [0.29, 0.717) is 12.1 Å². The maximum Gasteiger partial charge on any atom is 0.324 e. The summed E-state index contributed by atoms with van der Waals surface area (Å²) in [6.45, 7) is 8.35. The lowest BCUT2D eigenvalue weighted by molar-refractivity contribution is -0.380. The summed E-state index contributed by atoms with van der Waals surface area (Å²) in [5.74, 6) is 0. The van der Waals surface area contributed by atoms with E-state index < -0.39 is 0 Å². The van der Waals surface area contributed by atoms with Crippen molar-refractivity contribution in [2.45, 2.75) is 38.9 Å². The van der Waals surface area contributed by atoms with E-state index in [2.05, 4.69) is 54.0 Å². The smallest absolute Gasteiger partial charge is 0.295 e. The van der Waals surface area contributed by atoms with E-state index in [4.69, 9.17) is 0 Å². The first-order valence-corrected chi connectivity index (χ1v) is 9.71. The van der Waals surface area contributed by atoms with E-state index >= 15 is 0 Å². The summed E-state index contributed by atoms with van der Waals surface area (Å²) in [6.07, 6.45) is 1.15. The molecule has 25 heavy (non-hydrogen) atoms. The Labute approximate surface area is 153 Å². The van der Waals surface area contributed by atoms with Gasteiger partial charge in [0.25, 0.3) is 0 Å². The Morgan fingerprint density at radius 3 is 2.80 bits per heavy atom. The number of likely N-dealkylation sites (tertiary alicyclic amines) is 1. The van der Waals surface area contributed by atoms with Gasteiger partial charge in [-0.25, -0.2) is 0 Å². The highest BCUT2D eigenvalue weighted by molar-refractivity contribution is 7.13. The molecule has 2 unspecified atom stereocenters. The largest absolute Gasteiger partial charge is 0.324 e. The molecule has 1 aromatic heterocycles. The van der Waals surface area contributed by atoms with Gasteiger partial charge in [0, 0.05) is 43.2 Å². The summed E-state index contributed by atoms with van der Waals surface area (Å²) >= 11 is 1.22. The molecular weight excluding hydrogens is 334 g/mol. The van der Waals surface area contributed by atoms with Gasteiger partial charge < -0.3 is 0 Å². The molecule has 1 aliphatic heterocycles. The molecule has 2 aromatic rings. The zero-order valence-electron chi connectivity index (χ0n) is 14.8. The van der Waals surface area contributed by atoms with Crippen molar-refractivity contribution in [3.8, 4) is 0 Å². The Morgan fingerprint density at radius 1 is 1.40 bits per heavy atom. The van der Waals surface area contributed by atoms with E-state index in [1.807, 2.05) is 5.38 Å². The second-order valence-electron chi connectivity index (χ2n) is 6.64. The molecular formula is C19H25N3O2S. The van der Waals surface area contributed by atoms with Crippen LogP contribution in [0.15, 0.2) is 41.8 Å². The van der Waals surface area contributed by atoms with Crippen LogP contribution in [0, 0.1) is 10.1 Å². The lowest BCUT2D eigenvalue weighted by Gasteiger charge is -2.29. The average molecular weight is 359 g/mol. The minimum absolute atomic E-state index is 0.233. The topological polar surface area (TPSA) is 49.6 Å². The maximum absolute atomic E-state index is 10.9.